The highest BCUT2D eigenvalue weighted by atomic mass is 16.4. The third kappa shape index (κ3) is 38.7. The molecule has 0 saturated heterocycles. The summed E-state index contributed by atoms with van der Waals surface area (Å²) in [5.41, 5.74) is 19.7. The van der Waals surface area contributed by atoms with Crippen molar-refractivity contribution in [1.29, 1.82) is 0 Å². The Morgan fingerprint density at radius 2 is 0.750 bits per heavy atom. The number of carbonyl (C=O) groups is 21. The number of para-hydroxylation sites is 1. The molecule has 0 aliphatic carbocycles. The zero-order valence-corrected chi connectivity index (χ0v) is 77.2. The number of carbonyl (C=O) groups excluding carboxylic acids is 17. The molecule has 17 amide bonds. The molecule has 0 saturated carbocycles. The maximum Gasteiger partial charge on any atom is 0.322 e. The molecule has 0 aliphatic heterocycles. The van der Waals surface area contributed by atoms with Gasteiger partial charge in [0.2, 0.25) is 100 Å². The Balaban J connectivity index is 1.28. The number of phenols is 2. The molecule has 1 aromatic heterocycles. The van der Waals surface area contributed by atoms with Gasteiger partial charge in [-0.1, -0.05) is 93.1 Å². The van der Waals surface area contributed by atoms with E-state index < -0.39 is 304 Å². The number of aliphatic hydroxyl groups is 4. The van der Waals surface area contributed by atoms with Crippen molar-refractivity contribution in [3.63, 3.8) is 0 Å². The number of aliphatic hydroxyl groups excluding tert-OH is 4. The van der Waals surface area contributed by atoms with Gasteiger partial charge < -0.3 is 158 Å². The topological polar surface area (TPSA) is 847 Å². The number of hydrogen-bond acceptors (Lipinski definition) is 29. The van der Waals surface area contributed by atoms with Gasteiger partial charge >= 0.3 is 23.9 Å². The van der Waals surface area contributed by atoms with Crippen LogP contribution < -0.4 is 102 Å². The number of rotatable bonds is 60. The number of unbranched alkanes of at least 4 members (excludes halogenated alkanes) is 1. The van der Waals surface area contributed by atoms with Gasteiger partial charge in [0.15, 0.2) is 0 Å². The van der Waals surface area contributed by atoms with Crippen molar-refractivity contribution < 1.29 is 152 Å². The maximum absolute atomic E-state index is 14.4. The van der Waals surface area contributed by atoms with Gasteiger partial charge in [0.05, 0.1) is 56.8 Å². The van der Waals surface area contributed by atoms with Crippen molar-refractivity contribution in [1.82, 2.24) is 90.1 Å². The van der Waals surface area contributed by atoms with Crippen LogP contribution in [0, 0.1) is 5.92 Å². The van der Waals surface area contributed by atoms with Crippen LogP contribution in [0.4, 0.5) is 0 Å². The molecule has 51 nitrogen and oxygen atoms in total. The molecule has 5 aromatic rings. The number of H-pyrrole nitrogens is 1. The van der Waals surface area contributed by atoms with Crippen molar-refractivity contribution in [3.8, 4) is 11.5 Å². The maximum atomic E-state index is 14.4. The highest BCUT2D eigenvalue weighted by Crippen LogP contribution is 2.21. The Morgan fingerprint density at radius 1 is 0.364 bits per heavy atom. The van der Waals surface area contributed by atoms with Gasteiger partial charge in [-0.25, -0.2) is 0 Å². The van der Waals surface area contributed by atoms with Crippen LogP contribution in [0.25, 0.3) is 10.9 Å². The van der Waals surface area contributed by atoms with Crippen LogP contribution >= 0.6 is 0 Å². The second-order valence-corrected chi connectivity index (χ2v) is 33.1. The second-order valence-electron chi connectivity index (χ2n) is 33.1. The minimum atomic E-state index is -2.20. The van der Waals surface area contributed by atoms with Crippen molar-refractivity contribution in [2.45, 2.75) is 234 Å². The van der Waals surface area contributed by atoms with E-state index in [9.17, 15) is 152 Å². The van der Waals surface area contributed by atoms with Gasteiger partial charge in [-0.3, -0.25) is 101 Å². The molecule has 0 aliphatic rings. The highest BCUT2D eigenvalue weighted by Gasteiger charge is 2.41. The van der Waals surface area contributed by atoms with Crippen molar-refractivity contribution in [2.75, 3.05) is 26.2 Å². The number of carboxylic acids is 4. The molecule has 51 heteroatoms. The predicted octanol–water partition coefficient (Wildman–Crippen LogP) is -8.70. The molecule has 140 heavy (non-hydrogen) atoms. The molecule has 5 rings (SSSR count). The summed E-state index contributed by atoms with van der Waals surface area (Å²) >= 11 is 0. The SMILES string of the molecule is CC[C@H](C)[C@H](NC(=O)[C@@H](N)Cc1c[nH]c2ccccc12)C(=O)N[C@@H](CC(N)=O)C(=O)N[C@H](C(=O)N[C@@H](Cc1ccc(O)cc1)C(=O)N[C@H](C(=O)NCC(=O)N[C@@H](CCC(=O)O)C(=O)N[C@@H](CO)C(=O)N[C@H](C(=O)N[C@@H](Cc1ccc(O)cc1)C(=O)N[C@@H](C)C(=O)N[C@@H](CC(=O)O)C(=O)N[C@@H](CC(=O)O)C(=O)N[C@@H](Cc1ccccc1)C(=O)N[C@@H](CCCCN)C(=O)NCC(=O)O)[C@@H](C)O)[C@@H](C)O)[C@@H](C)O. The fourth-order valence-electron chi connectivity index (χ4n) is 13.8. The molecular formula is C89H122N20O31. The number of hydrogen-bond donors (Lipinski definition) is 30. The Hall–Kier alpha value is -15.3. The number of fused-ring (bicyclic) bond motifs is 1. The summed E-state index contributed by atoms with van der Waals surface area (Å²) in [6, 6.07) is -2.87. The third-order valence-electron chi connectivity index (χ3n) is 21.7. The first-order valence-electron chi connectivity index (χ1n) is 44.2. The zero-order chi connectivity index (χ0) is 104. The molecule has 764 valence electrons. The number of aromatic amines is 1. The summed E-state index contributed by atoms with van der Waals surface area (Å²) in [4.78, 5) is 287. The molecule has 0 radical (unpaired) electrons. The number of aromatic nitrogens is 1. The van der Waals surface area contributed by atoms with E-state index in [1.165, 1.54) is 48.5 Å². The van der Waals surface area contributed by atoms with Crippen molar-refractivity contribution in [3.05, 3.63) is 132 Å². The number of aromatic hydroxyl groups is 2. The summed E-state index contributed by atoms with van der Waals surface area (Å²) in [6.07, 6.45) is -9.65. The summed E-state index contributed by atoms with van der Waals surface area (Å²) in [6.45, 7) is 4.12. The highest BCUT2D eigenvalue weighted by molar-refractivity contribution is 6.03. The lowest BCUT2D eigenvalue weighted by molar-refractivity contribution is -0.143. The molecule has 0 fully saturated rings. The first kappa shape index (κ1) is 115. The number of phenolic OH excluding ortho intramolecular Hbond substituents is 2. The van der Waals surface area contributed by atoms with Gasteiger partial charge in [-0.05, 0) is 125 Å². The zero-order valence-electron chi connectivity index (χ0n) is 77.2. The molecule has 19 atom stereocenters. The van der Waals surface area contributed by atoms with Crippen LogP contribution in [0.1, 0.15) is 122 Å². The number of nitrogens with one attached hydrogen (secondary N) is 17. The standard InChI is InChI=1S/C89H122N20O31/c1-7-42(2)71(106-76(127)54(91)34-50-38-93-55-18-12-11-17-53(50)55)87(138)104-61(35-65(92)116)84(135)108-73(45(5)112)88(139)103-60(33-49-22-26-52(115)27-23-49)83(134)107-72(44(4)111)86(137)94-39-66(117)97-57(28-29-67(118)119)78(129)105-64(41-110)85(136)109-74(46(6)113)89(140)102-58(32-48-20-24-51(114)25-21-48)79(130)96-43(3)75(126)99-62(36-68(120)121)81(132)101-63(37-69(122)123)82(133)100-59(31-47-15-9-8-10-16-47)80(131)98-56(19-13-14-30-90)77(128)95-40-70(124)125/h8-12,15-18,20-27,38,42-46,54,56-64,71-74,93,110-115H,7,13-14,19,28-37,39-41,90-91H2,1-6H3,(H2,92,116)(H,94,137)(H,95,128)(H,96,130)(H,97,117)(H,98,131)(H,99,126)(H,100,133)(H,101,132)(H,102,140)(H,103,139)(H,104,138)(H,105,129)(H,106,127)(H,107,134)(H,108,135)(H,109,136)(H,118,119)(H,120,121)(H,122,123)(H,124,125)/t42-,43-,44+,45+,46+,54-,56-,57-,58-,59-,60-,61-,62-,63-,64-,71-,72-,73-,74-/m0/s1. The van der Waals surface area contributed by atoms with E-state index in [0.717, 1.165) is 50.7 Å². The molecule has 0 spiro atoms. The van der Waals surface area contributed by atoms with Gasteiger partial charge in [0.1, 0.15) is 103 Å². The molecular weight excluding hydrogens is 1850 g/mol. The van der Waals surface area contributed by atoms with E-state index in [1.54, 1.807) is 50.4 Å². The first-order chi connectivity index (χ1) is 66.0. The largest absolute Gasteiger partial charge is 0.508 e. The van der Waals surface area contributed by atoms with Gasteiger partial charge in [0.25, 0.3) is 0 Å². The average molecular weight is 1970 g/mol. The predicted molar refractivity (Wildman–Crippen MR) is 490 cm³/mol. The lowest BCUT2D eigenvalue weighted by atomic mass is 9.96. The number of aliphatic carboxylic acids is 4. The third-order valence-corrected chi connectivity index (χ3v) is 21.7. The molecule has 1 heterocycles. The molecule has 0 unspecified atom stereocenters. The number of carboxylic acid groups (broad SMARTS) is 4. The number of nitrogens with two attached hydrogens (primary N) is 3. The number of benzene rings is 4. The fourth-order valence-corrected chi connectivity index (χ4v) is 13.8. The van der Waals surface area contributed by atoms with Crippen LogP contribution in [0.5, 0.6) is 11.5 Å². The summed E-state index contributed by atoms with van der Waals surface area (Å²) in [5.74, 6) is -28.8. The fraction of sp³-hybridized carbons (Fsp3) is 0.472. The first-order valence-corrected chi connectivity index (χ1v) is 44.2. The van der Waals surface area contributed by atoms with Crippen molar-refractivity contribution >= 4 is 135 Å². The average Bonchev–Trinajstić information content (AvgIpc) is 1.64. The van der Waals surface area contributed by atoms with E-state index in [2.05, 4.69) is 90.1 Å². The van der Waals surface area contributed by atoms with E-state index >= 15 is 0 Å². The lowest BCUT2D eigenvalue weighted by Gasteiger charge is -2.29. The summed E-state index contributed by atoms with van der Waals surface area (Å²) in [5, 5.41) is 139. The van der Waals surface area contributed by atoms with Gasteiger partial charge in [-0.2, -0.15) is 0 Å². The van der Waals surface area contributed by atoms with Crippen molar-refractivity contribution in [2.24, 2.45) is 23.1 Å². The lowest BCUT2D eigenvalue weighted by Crippen LogP contribution is -2.63. The Morgan fingerprint density at radius 3 is 1.23 bits per heavy atom. The van der Waals surface area contributed by atoms with E-state index in [4.69, 9.17) is 17.2 Å². The van der Waals surface area contributed by atoms with Crippen LogP contribution in [0.15, 0.2) is 109 Å². The van der Waals surface area contributed by atoms with Crippen LogP contribution in [0.2, 0.25) is 0 Å². The summed E-state index contributed by atoms with van der Waals surface area (Å²) in [7, 11) is 0. The monoisotopic (exact) mass is 1970 g/mol. The Labute approximate surface area is 800 Å². The normalized spacial score (nSPS) is 15.2. The minimum Gasteiger partial charge on any atom is -0.508 e. The van der Waals surface area contributed by atoms with Gasteiger partial charge in [0, 0.05) is 42.8 Å². The molecule has 0 bridgehead atoms. The Kier molecular flexibility index (Phi) is 46.9. The number of primary amides is 1. The van der Waals surface area contributed by atoms with E-state index in [-0.39, 0.29) is 61.3 Å². The molecule has 4 aromatic carbocycles. The Bertz CT molecular complexity index is 5180. The van der Waals surface area contributed by atoms with Crippen LogP contribution in [-0.2, 0) is 126 Å². The van der Waals surface area contributed by atoms with E-state index in [1.807, 2.05) is 12.1 Å². The van der Waals surface area contributed by atoms with Crippen LogP contribution in [0.3, 0.4) is 0 Å². The second kappa shape index (κ2) is 57.0. The van der Waals surface area contributed by atoms with E-state index in [0.29, 0.717) is 17.5 Å². The summed E-state index contributed by atoms with van der Waals surface area (Å²) < 4.78 is 0. The molecule has 33 N–H and O–H groups in total. The smallest absolute Gasteiger partial charge is 0.322 e. The number of amides is 17. The van der Waals surface area contributed by atoms with Gasteiger partial charge in [-0.15, -0.1) is 0 Å². The minimum absolute atomic E-state index is 0.0368. The van der Waals surface area contributed by atoms with Crippen LogP contribution in [-0.4, -0.2) is 316 Å². The quantitative estimate of drug-likeness (QED) is 0.0161.